The second kappa shape index (κ2) is 10.3. The second-order valence-corrected chi connectivity index (χ2v) is 10.5. The first kappa shape index (κ1) is 25.2. The highest BCUT2D eigenvalue weighted by molar-refractivity contribution is 7.96. The summed E-state index contributed by atoms with van der Waals surface area (Å²) in [5, 5.41) is 0. The number of hydrogen-bond donors (Lipinski definition) is 1. The van der Waals surface area contributed by atoms with Crippen LogP contribution in [-0.2, 0) is 21.4 Å². The number of nitrogens with one attached hydrogen (secondary N) is 1. The first-order valence-corrected chi connectivity index (χ1v) is 12.5. The molecule has 1 fully saturated rings. The van der Waals surface area contributed by atoms with Crippen molar-refractivity contribution in [1.29, 1.82) is 0 Å². The summed E-state index contributed by atoms with van der Waals surface area (Å²) < 4.78 is 27.5. The number of anilines is 1. The Bertz CT molecular complexity index is 1230. The summed E-state index contributed by atoms with van der Waals surface area (Å²) in [6.45, 7) is 16.9. The highest BCUT2D eigenvalue weighted by Gasteiger charge is 2.25. The van der Waals surface area contributed by atoms with Gasteiger partial charge in [-0.1, -0.05) is 48.0 Å². The molecule has 0 saturated carbocycles. The Morgan fingerprint density at radius 2 is 1.68 bits per heavy atom. The lowest BCUT2D eigenvalue weighted by Gasteiger charge is -2.36. The van der Waals surface area contributed by atoms with Crippen LogP contribution in [0.2, 0.25) is 0 Å². The number of aliphatic imine (C=N–C) groups is 1. The van der Waals surface area contributed by atoms with E-state index in [9.17, 15) is 13.2 Å². The Morgan fingerprint density at radius 1 is 1.06 bits per heavy atom. The smallest absolute Gasteiger partial charge is 0.259 e. The van der Waals surface area contributed by atoms with E-state index in [4.69, 9.17) is 0 Å². The van der Waals surface area contributed by atoms with E-state index in [1.54, 1.807) is 31.2 Å². The minimum Gasteiger partial charge on any atom is -0.360 e. The number of amides is 1. The van der Waals surface area contributed by atoms with Crippen LogP contribution in [0.5, 0.6) is 0 Å². The molecule has 2 aromatic carbocycles. The topological polar surface area (TPSA) is 82.1 Å². The number of nitrogens with zero attached hydrogens (tertiary/aromatic N) is 3. The van der Waals surface area contributed by atoms with Crippen LogP contribution in [0, 0.1) is 13.8 Å². The summed E-state index contributed by atoms with van der Waals surface area (Å²) in [5.74, 6) is 0.0596. The maximum atomic E-state index is 12.8. The average Bonchev–Trinajstić information content (AvgIpc) is 2.78. The number of carbonyl (C=O) groups excluding carboxylic acids is 1. The van der Waals surface area contributed by atoms with Gasteiger partial charge in [0.05, 0.1) is 17.1 Å². The zero-order valence-electron chi connectivity index (χ0n) is 20.3. The molecular weight excluding hydrogens is 448 g/mol. The van der Waals surface area contributed by atoms with E-state index in [1.807, 2.05) is 9.80 Å². The van der Waals surface area contributed by atoms with E-state index < -0.39 is 10.0 Å². The van der Waals surface area contributed by atoms with Crippen molar-refractivity contribution in [3.8, 4) is 0 Å². The van der Waals surface area contributed by atoms with Gasteiger partial charge in [0.2, 0.25) is 5.91 Å². The van der Waals surface area contributed by atoms with Crippen molar-refractivity contribution in [3.63, 3.8) is 0 Å². The molecule has 0 aromatic heterocycles. The molecule has 1 saturated heterocycles. The van der Waals surface area contributed by atoms with Crippen LogP contribution >= 0.6 is 0 Å². The molecule has 7 nitrogen and oxygen atoms in total. The van der Waals surface area contributed by atoms with Gasteiger partial charge in [-0.2, -0.15) is 0 Å². The van der Waals surface area contributed by atoms with Gasteiger partial charge >= 0.3 is 0 Å². The van der Waals surface area contributed by atoms with E-state index in [0.29, 0.717) is 31.0 Å². The first-order chi connectivity index (χ1) is 16.0. The zero-order chi connectivity index (χ0) is 25.0. The van der Waals surface area contributed by atoms with Crippen molar-refractivity contribution in [3.05, 3.63) is 81.9 Å². The minimum absolute atomic E-state index is 0.0596. The van der Waals surface area contributed by atoms with Gasteiger partial charge in [-0.15, -0.1) is 0 Å². The van der Waals surface area contributed by atoms with Gasteiger partial charge in [0.25, 0.3) is 10.0 Å². The van der Waals surface area contributed by atoms with E-state index >= 15 is 0 Å². The quantitative estimate of drug-likeness (QED) is 0.571. The van der Waals surface area contributed by atoms with Crippen molar-refractivity contribution in [2.24, 2.45) is 4.99 Å². The van der Waals surface area contributed by atoms with Crippen LogP contribution in [0.1, 0.15) is 36.1 Å². The first-order valence-electron chi connectivity index (χ1n) is 11.1. The predicted octanol–water partition coefficient (Wildman–Crippen LogP) is 4.31. The van der Waals surface area contributed by atoms with Crippen LogP contribution in [0.25, 0.3) is 5.70 Å². The zero-order valence-corrected chi connectivity index (χ0v) is 21.1. The lowest BCUT2D eigenvalue weighted by Crippen LogP contribution is -2.48. The monoisotopic (exact) mass is 480 g/mol. The largest absolute Gasteiger partial charge is 0.360 e. The lowest BCUT2D eigenvalue weighted by molar-refractivity contribution is -0.135. The van der Waals surface area contributed by atoms with Crippen molar-refractivity contribution < 1.29 is 13.2 Å². The van der Waals surface area contributed by atoms with Crippen LogP contribution in [-0.4, -0.2) is 50.5 Å². The molecule has 0 atom stereocenters. The lowest BCUT2D eigenvalue weighted by atomic mass is 10.1. The molecule has 0 aliphatic carbocycles. The van der Waals surface area contributed by atoms with Crippen molar-refractivity contribution in [2.75, 3.05) is 24.4 Å². The molecule has 3 rings (SSSR count). The molecule has 1 aliphatic heterocycles. The fraction of sp³-hybridized carbons (Fsp3) is 0.308. The third-order valence-corrected chi connectivity index (χ3v) is 7.58. The average molecular weight is 481 g/mol. The molecule has 1 heterocycles. The molecule has 1 aliphatic rings. The van der Waals surface area contributed by atoms with E-state index in [0.717, 1.165) is 16.8 Å². The summed E-state index contributed by atoms with van der Waals surface area (Å²) >= 11 is 0. The van der Waals surface area contributed by atoms with Crippen LogP contribution < -0.4 is 4.72 Å². The van der Waals surface area contributed by atoms with E-state index in [1.165, 1.54) is 18.1 Å². The molecular formula is C26H32N4O3S. The van der Waals surface area contributed by atoms with Gasteiger partial charge in [-0.3, -0.25) is 14.5 Å². The normalized spacial score (nSPS) is 15.1. The summed E-state index contributed by atoms with van der Waals surface area (Å²) in [6, 6.07) is 13.3. The van der Waals surface area contributed by atoms with Crippen molar-refractivity contribution in [2.45, 2.75) is 34.2 Å². The number of aryl methyl sites for hydroxylation is 2. The van der Waals surface area contributed by atoms with Crippen molar-refractivity contribution >= 4 is 34.0 Å². The Balaban J connectivity index is 1.63. The molecule has 2 aromatic rings. The molecule has 0 spiro atoms. The Labute approximate surface area is 202 Å². The SMILES string of the molecule is C=N/C(C)=C(/C)S(=O)(=O)Nc1ccc(C(=C)N2CCN(Cc3cc(C)cc(C)c3)C(=O)C2)cc1. The number of piperazine rings is 1. The van der Waals surface area contributed by atoms with Gasteiger partial charge in [0, 0.05) is 31.0 Å². The van der Waals surface area contributed by atoms with Crippen LogP contribution in [0.3, 0.4) is 0 Å². The van der Waals surface area contributed by atoms with Crippen molar-refractivity contribution in [1.82, 2.24) is 9.80 Å². The summed E-state index contributed by atoms with van der Waals surface area (Å²) in [4.78, 5) is 20.5. The van der Waals surface area contributed by atoms with Crippen LogP contribution in [0.15, 0.2) is 64.6 Å². The Hall–Kier alpha value is -3.39. The number of allylic oxidation sites excluding steroid dienone is 2. The molecule has 8 heteroatoms. The molecule has 0 unspecified atom stereocenters. The second-order valence-electron chi connectivity index (χ2n) is 8.66. The third-order valence-electron chi connectivity index (χ3n) is 5.98. The van der Waals surface area contributed by atoms with Gasteiger partial charge in [-0.05, 0) is 57.7 Å². The molecule has 1 amide bonds. The molecule has 34 heavy (non-hydrogen) atoms. The molecule has 1 N–H and O–H groups in total. The van der Waals surface area contributed by atoms with Gasteiger partial charge in [0.1, 0.15) is 0 Å². The maximum absolute atomic E-state index is 12.8. The maximum Gasteiger partial charge on any atom is 0.259 e. The standard InChI is InChI=1S/C26H32N4O3S/c1-18-13-19(2)15-23(14-18)16-30-12-11-29(17-26(30)31)21(4)24-7-9-25(10-8-24)28-34(32,33)22(5)20(3)27-6/h7-10,13-15,28H,4,6,11-12,16-17H2,1-3,5H3/b22-20-. The number of benzene rings is 2. The summed E-state index contributed by atoms with van der Waals surface area (Å²) in [5.41, 5.74) is 5.87. The number of hydrogen-bond acceptors (Lipinski definition) is 5. The number of sulfonamides is 1. The highest BCUT2D eigenvalue weighted by Crippen LogP contribution is 2.24. The Morgan fingerprint density at radius 3 is 2.24 bits per heavy atom. The fourth-order valence-corrected chi connectivity index (χ4v) is 4.99. The minimum atomic E-state index is -3.71. The fourth-order valence-electron chi connectivity index (χ4n) is 3.94. The number of carbonyl (C=O) groups is 1. The van der Waals surface area contributed by atoms with E-state index in [2.05, 4.69) is 55.1 Å². The van der Waals surface area contributed by atoms with Gasteiger partial charge in [0.15, 0.2) is 0 Å². The third kappa shape index (κ3) is 5.94. The van der Waals surface area contributed by atoms with Gasteiger partial charge in [-0.25, -0.2) is 8.42 Å². The van der Waals surface area contributed by atoms with E-state index in [-0.39, 0.29) is 17.4 Å². The Kier molecular flexibility index (Phi) is 7.61. The van der Waals surface area contributed by atoms with Gasteiger partial charge < -0.3 is 9.80 Å². The predicted molar refractivity (Wildman–Crippen MR) is 139 cm³/mol. The highest BCUT2D eigenvalue weighted by atomic mass is 32.2. The van der Waals surface area contributed by atoms with Crippen LogP contribution in [0.4, 0.5) is 5.69 Å². The molecule has 180 valence electrons. The molecule has 0 bridgehead atoms. The number of rotatable bonds is 8. The molecule has 0 radical (unpaired) electrons. The summed E-state index contributed by atoms with van der Waals surface area (Å²) in [7, 11) is -3.71. The summed E-state index contributed by atoms with van der Waals surface area (Å²) in [6.07, 6.45) is 0.